The van der Waals surface area contributed by atoms with E-state index in [1.54, 1.807) is 6.08 Å². The zero-order valence-electron chi connectivity index (χ0n) is 18.0. The van der Waals surface area contributed by atoms with Gasteiger partial charge in [0.2, 0.25) is 0 Å². The Morgan fingerprint density at radius 3 is 2.59 bits per heavy atom. The fraction of sp³-hybridized carbons (Fsp3) is 0.0968. The fourth-order valence-electron chi connectivity index (χ4n) is 5.63. The third kappa shape index (κ3) is 2.72. The highest BCUT2D eigenvalue weighted by molar-refractivity contribution is 6.30. The molecule has 0 fully saturated rings. The molecule has 0 N–H and O–H groups in total. The largest absolute Gasteiger partial charge is 0.115 e. The van der Waals surface area contributed by atoms with E-state index >= 15 is 0 Å². The number of hydrogen-bond donors (Lipinski definition) is 0. The van der Waals surface area contributed by atoms with Crippen molar-refractivity contribution in [3.63, 3.8) is 0 Å². The lowest BCUT2D eigenvalue weighted by atomic mass is 9.66. The van der Waals surface area contributed by atoms with Gasteiger partial charge in [0, 0.05) is 5.02 Å². The van der Waals surface area contributed by atoms with Gasteiger partial charge in [-0.2, -0.15) is 0 Å². The van der Waals surface area contributed by atoms with Crippen molar-refractivity contribution in [2.75, 3.05) is 0 Å². The number of terminal acetylenes is 1. The van der Waals surface area contributed by atoms with Crippen molar-refractivity contribution in [3.05, 3.63) is 142 Å². The van der Waals surface area contributed by atoms with Crippen molar-refractivity contribution < 1.29 is 0 Å². The predicted molar refractivity (Wildman–Crippen MR) is 137 cm³/mol. The number of allylic oxidation sites excluding steroid dienone is 13. The van der Waals surface area contributed by atoms with Gasteiger partial charge in [-0.05, 0) is 87.8 Å². The Labute approximate surface area is 195 Å². The highest BCUT2D eigenvalue weighted by atomic mass is 35.5. The maximum absolute atomic E-state index is 6.28. The van der Waals surface area contributed by atoms with Crippen molar-refractivity contribution in [2.45, 2.75) is 18.8 Å². The van der Waals surface area contributed by atoms with E-state index in [-0.39, 0.29) is 5.41 Å². The lowest BCUT2D eigenvalue weighted by Gasteiger charge is -2.35. The molecule has 5 rings (SSSR count). The van der Waals surface area contributed by atoms with E-state index in [0.29, 0.717) is 0 Å². The van der Waals surface area contributed by atoms with Gasteiger partial charge in [0.1, 0.15) is 0 Å². The van der Waals surface area contributed by atoms with Gasteiger partial charge in [-0.15, -0.1) is 6.42 Å². The molecule has 0 aromatic heterocycles. The number of benzene rings is 2. The Morgan fingerprint density at radius 2 is 1.84 bits per heavy atom. The smallest absolute Gasteiger partial charge is 0.0657 e. The summed E-state index contributed by atoms with van der Waals surface area (Å²) in [5, 5.41) is 0.737. The van der Waals surface area contributed by atoms with Crippen LogP contribution in [0.3, 0.4) is 0 Å². The average molecular weight is 431 g/mol. The van der Waals surface area contributed by atoms with Gasteiger partial charge in [-0.3, -0.25) is 0 Å². The van der Waals surface area contributed by atoms with Crippen LogP contribution in [0.15, 0.2) is 120 Å². The number of hydrogen-bond acceptors (Lipinski definition) is 0. The zero-order chi connectivity index (χ0) is 22.3. The van der Waals surface area contributed by atoms with Crippen LogP contribution in [0, 0.1) is 12.3 Å². The lowest BCUT2D eigenvalue weighted by Crippen LogP contribution is -2.28. The normalized spacial score (nSPS) is 21.4. The van der Waals surface area contributed by atoms with Crippen LogP contribution in [0.1, 0.15) is 30.0 Å². The first-order valence-electron chi connectivity index (χ1n) is 10.8. The molecule has 0 aliphatic heterocycles. The summed E-state index contributed by atoms with van der Waals surface area (Å²) in [5.74, 6) is 2.67. The zero-order valence-corrected chi connectivity index (χ0v) is 18.8. The molecule has 0 saturated carbocycles. The van der Waals surface area contributed by atoms with Gasteiger partial charge in [-0.1, -0.05) is 90.9 Å². The molecule has 1 heteroatoms. The molecule has 1 atom stereocenters. The predicted octanol–water partition coefficient (Wildman–Crippen LogP) is 8.02. The van der Waals surface area contributed by atoms with E-state index < -0.39 is 0 Å². The van der Waals surface area contributed by atoms with E-state index in [1.807, 2.05) is 24.3 Å². The highest BCUT2D eigenvalue weighted by Gasteiger charge is 2.53. The van der Waals surface area contributed by atoms with Crippen LogP contribution < -0.4 is 0 Å². The van der Waals surface area contributed by atoms with Crippen LogP contribution in [0.4, 0.5) is 0 Å². The summed E-state index contributed by atoms with van der Waals surface area (Å²) in [4.78, 5) is 0. The summed E-state index contributed by atoms with van der Waals surface area (Å²) >= 11 is 6.28. The molecule has 3 aliphatic carbocycles. The summed E-state index contributed by atoms with van der Waals surface area (Å²) < 4.78 is 0. The van der Waals surface area contributed by atoms with Gasteiger partial charge in [0.05, 0.1) is 5.41 Å². The molecule has 2 aromatic carbocycles. The SMILES string of the molecule is C#C/C=C\C1=C(C)C2(C3=C1C=CC3)C(c1ccc(Cl)cc1)=C(/C=C\C=C)c1ccccc12. The summed E-state index contributed by atoms with van der Waals surface area (Å²) in [6.07, 6.45) is 21.0. The van der Waals surface area contributed by atoms with Crippen molar-refractivity contribution in [3.8, 4) is 12.3 Å². The monoisotopic (exact) mass is 430 g/mol. The molecule has 32 heavy (non-hydrogen) atoms. The van der Waals surface area contributed by atoms with Crippen LogP contribution in [0.5, 0.6) is 0 Å². The maximum Gasteiger partial charge on any atom is 0.0657 e. The van der Waals surface area contributed by atoms with Crippen LogP contribution in [0.2, 0.25) is 5.02 Å². The molecule has 3 aliphatic rings. The van der Waals surface area contributed by atoms with Crippen LogP contribution in [0.25, 0.3) is 11.1 Å². The minimum atomic E-state index is -0.335. The van der Waals surface area contributed by atoms with Crippen LogP contribution in [-0.4, -0.2) is 0 Å². The molecule has 0 radical (unpaired) electrons. The standard InChI is InChI=1S/C31H23Cl/c1-4-6-11-24-21(3)31(29-16-10-14-25(24)29)28-15-9-8-13-26(28)27(12-7-5-2)30(31)22-17-19-23(32)20-18-22/h1,5-15,17-20H,2,16H2,3H3/b11-6-,12-7-. The van der Waals surface area contributed by atoms with E-state index in [1.165, 1.54) is 50.1 Å². The van der Waals surface area contributed by atoms with Gasteiger partial charge in [-0.25, -0.2) is 0 Å². The van der Waals surface area contributed by atoms with Gasteiger partial charge >= 0.3 is 0 Å². The van der Waals surface area contributed by atoms with E-state index in [9.17, 15) is 0 Å². The first kappa shape index (κ1) is 20.4. The van der Waals surface area contributed by atoms with E-state index in [0.717, 1.165) is 11.4 Å². The molecule has 1 unspecified atom stereocenters. The van der Waals surface area contributed by atoms with Gasteiger partial charge < -0.3 is 0 Å². The fourth-order valence-corrected chi connectivity index (χ4v) is 5.76. The Balaban J connectivity index is 1.93. The molecular weight excluding hydrogens is 408 g/mol. The van der Waals surface area contributed by atoms with E-state index in [2.05, 4.69) is 80.1 Å². The summed E-state index contributed by atoms with van der Waals surface area (Å²) in [6, 6.07) is 17.0. The Kier molecular flexibility index (Phi) is 5.01. The Hall–Kier alpha value is -3.53. The third-order valence-electron chi connectivity index (χ3n) is 6.78. The first-order chi connectivity index (χ1) is 15.6. The topological polar surface area (TPSA) is 0 Å². The van der Waals surface area contributed by atoms with Crippen LogP contribution in [-0.2, 0) is 5.41 Å². The second kappa shape index (κ2) is 7.86. The molecule has 1 spiro atoms. The van der Waals surface area contributed by atoms with E-state index in [4.69, 9.17) is 18.0 Å². The second-order valence-electron chi connectivity index (χ2n) is 8.22. The minimum absolute atomic E-state index is 0.335. The van der Waals surface area contributed by atoms with Gasteiger partial charge in [0.25, 0.3) is 0 Å². The summed E-state index contributed by atoms with van der Waals surface area (Å²) in [7, 11) is 0. The molecule has 0 heterocycles. The number of rotatable bonds is 4. The summed E-state index contributed by atoms with van der Waals surface area (Å²) in [5.41, 5.74) is 11.2. The summed E-state index contributed by atoms with van der Waals surface area (Å²) in [6.45, 7) is 6.17. The average Bonchev–Trinajstić information content (AvgIpc) is 3.45. The highest BCUT2D eigenvalue weighted by Crippen LogP contribution is 2.65. The molecule has 0 nitrogen and oxygen atoms in total. The first-order valence-corrected chi connectivity index (χ1v) is 11.2. The quantitative estimate of drug-likeness (QED) is 0.340. The molecule has 154 valence electrons. The molecule has 2 aromatic rings. The van der Waals surface area contributed by atoms with Crippen molar-refractivity contribution in [2.24, 2.45) is 0 Å². The van der Waals surface area contributed by atoms with Crippen molar-refractivity contribution >= 4 is 22.7 Å². The van der Waals surface area contributed by atoms with Crippen LogP contribution >= 0.6 is 11.6 Å². The van der Waals surface area contributed by atoms with Crippen molar-refractivity contribution in [1.82, 2.24) is 0 Å². The minimum Gasteiger partial charge on any atom is -0.115 e. The lowest BCUT2D eigenvalue weighted by molar-refractivity contribution is 0.766. The second-order valence-corrected chi connectivity index (χ2v) is 8.66. The molecule has 0 amide bonds. The molecular formula is C31H23Cl. The number of halogens is 1. The molecule has 0 bridgehead atoms. The Bertz CT molecular complexity index is 1360. The Morgan fingerprint density at radius 1 is 1.06 bits per heavy atom. The number of fused-ring (bicyclic) bond motifs is 3. The third-order valence-corrected chi connectivity index (χ3v) is 7.04. The van der Waals surface area contributed by atoms with Crippen molar-refractivity contribution in [1.29, 1.82) is 0 Å². The van der Waals surface area contributed by atoms with Gasteiger partial charge in [0.15, 0.2) is 0 Å². The maximum atomic E-state index is 6.28. The molecule has 0 saturated heterocycles.